The molecule has 118 valence electrons. The zero-order valence-corrected chi connectivity index (χ0v) is 13.5. The highest BCUT2D eigenvalue weighted by molar-refractivity contribution is 8.13. The molecule has 1 heterocycles. The van der Waals surface area contributed by atoms with Gasteiger partial charge in [0.25, 0.3) is 0 Å². The Morgan fingerprint density at radius 3 is 2.52 bits per heavy atom. The third-order valence-electron chi connectivity index (χ3n) is 2.96. The number of aromatic nitrogens is 1. The topological polar surface area (TPSA) is 99.4 Å². The molecule has 0 saturated carbocycles. The van der Waals surface area contributed by atoms with Gasteiger partial charge in [-0.1, -0.05) is 13.8 Å². The van der Waals surface area contributed by atoms with Crippen LogP contribution in [0.3, 0.4) is 0 Å². The van der Waals surface area contributed by atoms with Crippen LogP contribution in [0.15, 0.2) is 12.1 Å². The molecule has 1 atom stereocenters. The van der Waals surface area contributed by atoms with E-state index in [1.165, 1.54) is 6.07 Å². The first-order chi connectivity index (χ1) is 9.60. The van der Waals surface area contributed by atoms with Crippen molar-refractivity contribution in [3.05, 3.63) is 27.9 Å². The van der Waals surface area contributed by atoms with Crippen LogP contribution in [0.5, 0.6) is 5.75 Å². The Balaban J connectivity index is 2.88. The fourth-order valence-corrected chi connectivity index (χ4v) is 3.14. The van der Waals surface area contributed by atoms with E-state index in [9.17, 15) is 18.5 Å². The molecule has 0 saturated heterocycles. The Hall–Kier alpha value is -1.41. The number of hydrogen-bond acceptors (Lipinski definition) is 6. The van der Waals surface area contributed by atoms with Gasteiger partial charge in [0.2, 0.25) is 14.8 Å². The molecule has 7 nitrogen and oxygen atoms in total. The van der Waals surface area contributed by atoms with Crippen LogP contribution in [-0.4, -0.2) is 30.7 Å². The Kier molecular flexibility index (Phi) is 5.91. The molecule has 1 aromatic rings. The predicted octanol–water partition coefficient (Wildman–Crippen LogP) is 2.52. The minimum Gasteiger partial charge on any atom is -0.485 e. The van der Waals surface area contributed by atoms with Crippen LogP contribution in [0.2, 0.25) is 0 Å². The number of ether oxygens (including phenoxy) is 1. The van der Waals surface area contributed by atoms with Crippen LogP contribution >= 0.6 is 10.7 Å². The molecule has 0 spiro atoms. The molecule has 21 heavy (non-hydrogen) atoms. The number of nitro groups is 1. The molecule has 9 heteroatoms. The average molecular weight is 337 g/mol. The van der Waals surface area contributed by atoms with E-state index in [2.05, 4.69) is 4.98 Å². The summed E-state index contributed by atoms with van der Waals surface area (Å²) in [5.74, 6) is -0.988. The number of pyridine rings is 1. The Labute approximate surface area is 127 Å². The van der Waals surface area contributed by atoms with E-state index in [1.807, 2.05) is 13.8 Å². The van der Waals surface area contributed by atoms with E-state index in [0.29, 0.717) is 5.69 Å². The van der Waals surface area contributed by atoms with Gasteiger partial charge in [0, 0.05) is 23.5 Å². The standard InChI is InChI=1S/C12H17ClN2O5S/c1-8(2)10(7-21(13,18)19)6-20-11-5-4-9(3)14-12(11)15(16)17/h4-5,8,10H,6-7H2,1-3H3. The summed E-state index contributed by atoms with van der Waals surface area (Å²) in [5.41, 5.74) is 0.498. The fourth-order valence-electron chi connectivity index (χ4n) is 1.66. The molecule has 0 amide bonds. The van der Waals surface area contributed by atoms with Crippen LogP contribution in [-0.2, 0) is 9.05 Å². The second-order valence-corrected chi connectivity index (χ2v) is 7.87. The quantitative estimate of drug-likeness (QED) is 0.431. The largest absolute Gasteiger partial charge is 0.485 e. The summed E-state index contributed by atoms with van der Waals surface area (Å²) in [5, 5.41) is 10.9. The minimum atomic E-state index is -3.66. The van der Waals surface area contributed by atoms with E-state index in [-0.39, 0.29) is 35.8 Å². The summed E-state index contributed by atoms with van der Waals surface area (Å²) >= 11 is 0. The summed E-state index contributed by atoms with van der Waals surface area (Å²) < 4.78 is 27.7. The summed E-state index contributed by atoms with van der Waals surface area (Å²) in [7, 11) is 1.59. The van der Waals surface area contributed by atoms with Crippen molar-refractivity contribution in [1.29, 1.82) is 0 Å². The molecule has 0 fully saturated rings. The van der Waals surface area contributed by atoms with Crippen molar-refractivity contribution in [1.82, 2.24) is 4.98 Å². The van der Waals surface area contributed by atoms with Gasteiger partial charge >= 0.3 is 5.82 Å². The van der Waals surface area contributed by atoms with Crippen LogP contribution in [0.4, 0.5) is 5.82 Å². The number of halogens is 1. The zero-order chi connectivity index (χ0) is 16.2. The van der Waals surface area contributed by atoms with Crippen molar-refractivity contribution in [2.45, 2.75) is 20.8 Å². The third kappa shape index (κ3) is 5.84. The summed E-state index contributed by atoms with van der Waals surface area (Å²) in [4.78, 5) is 14.1. The Morgan fingerprint density at radius 1 is 1.43 bits per heavy atom. The molecule has 1 rings (SSSR count). The molecular weight excluding hydrogens is 320 g/mol. The first kappa shape index (κ1) is 17.6. The smallest absolute Gasteiger partial charge is 0.406 e. The lowest BCUT2D eigenvalue weighted by Gasteiger charge is -2.19. The van der Waals surface area contributed by atoms with E-state index in [1.54, 1.807) is 13.0 Å². The molecule has 0 aliphatic rings. The van der Waals surface area contributed by atoms with Crippen molar-refractivity contribution in [3.63, 3.8) is 0 Å². The predicted molar refractivity (Wildman–Crippen MR) is 79.1 cm³/mol. The summed E-state index contributed by atoms with van der Waals surface area (Å²) in [6.07, 6.45) is 0. The Bertz CT molecular complexity index is 618. The molecule has 0 radical (unpaired) electrons. The highest BCUT2D eigenvalue weighted by atomic mass is 35.7. The maximum Gasteiger partial charge on any atom is 0.406 e. The van der Waals surface area contributed by atoms with Crippen molar-refractivity contribution in [3.8, 4) is 5.75 Å². The molecule has 0 aliphatic heterocycles. The zero-order valence-electron chi connectivity index (χ0n) is 11.9. The Morgan fingerprint density at radius 2 is 2.05 bits per heavy atom. The van der Waals surface area contributed by atoms with Crippen LogP contribution in [0, 0.1) is 28.9 Å². The molecule has 0 aromatic carbocycles. The van der Waals surface area contributed by atoms with Gasteiger partial charge in [-0.15, -0.1) is 0 Å². The van der Waals surface area contributed by atoms with Gasteiger partial charge in [-0.3, -0.25) is 0 Å². The van der Waals surface area contributed by atoms with Gasteiger partial charge in [-0.2, -0.15) is 0 Å². The number of aryl methyl sites for hydroxylation is 1. The normalized spacial score (nSPS) is 13.2. The molecule has 1 aromatic heterocycles. The van der Waals surface area contributed by atoms with Gasteiger partial charge in [0.15, 0.2) is 0 Å². The van der Waals surface area contributed by atoms with Gasteiger partial charge in [0.05, 0.1) is 12.4 Å². The second kappa shape index (κ2) is 7.04. The fraction of sp³-hybridized carbons (Fsp3) is 0.583. The second-order valence-electron chi connectivity index (χ2n) is 5.05. The maximum atomic E-state index is 11.2. The van der Waals surface area contributed by atoms with E-state index in [0.717, 1.165) is 0 Å². The minimum absolute atomic E-state index is 0.00371. The van der Waals surface area contributed by atoms with Crippen molar-refractivity contribution < 1.29 is 18.1 Å². The van der Waals surface area contributed by atoms with Crippen LogP contribution < -0.4 is 4.74 Å². The van der Waals surface area contributed by atoms with Gasteiger partial charge in [-0.05, 0) is 28.0 Å². The highest BCUT2D eigenvalue weighted by Crippen LogP contribution is 2.26. The van der Waals surface area contributed by atoms with E-state index >= 15 is 0 Å². The first-order valence-corrected chi connectivity index (χ1v) is 8.75. The number of nitrogens with zero attached hydrogens (tertiary/aromatic N) is 2. The lowest BCUT2D eigenvalue weighted by Crippen LogP contribution is -2.24. The van der Waals surface area contributed by atoms with Gasteiger partial charge in [-0.25, -0.2) is 8.42 Å². The van der Waals surface area contributed by atoms with E-state index in [4.69, 9.17) is 15.4 Å². The lowest BCUT2D eigenvalue weighted by atomic mass is 9.99. The number of rotatable bonds is 7. The van der Waals surface area contributed by atoms with Crippen LogP contribution in [0.25, 0.3) is 0 Å². The summed E-state index contributed by atoms with van der Waals surface area (Å²) in [6.45, 7) is 5.30. The first-order valence-electron chi connectivity index (χ1n) is 6.27. The van der Waals surface area contributed by atoms with Crippen LogP contribution in [0.1, 0.15) is 19.5 Å². The summed E-state index contributed by atoms with van der Waals surface area (Å²) in [6, 6.07) is 3.04. The van der Waals surface area contributed by atoms with Crippen molar-refractivity contribution in [2.75, 3.05) is 12.4 Å². The van der Waals surface area contributed by atoms with E-state index < -0.39 is 14.0 Å². The average Bonchev–Trinajstić information content (AvgIpc) is 2.33. The van der Waals surface area contributed by atoms with Gasteiger partial charge in [0.1, 0.15) is 5.69 Å². The molecule has 0 aliphatic carbocycles. The molecule has 1 unspecified atom stereocenters. The maximum absolute atomic E-state index is 11.2. The highest BCUT2D eigenvalue weighted by Gasteiger charge is 2.24. The SMILES string of the molecule is Cc1ccc(OCC(CS(=O)(=O)Cl)C(C)C)c([N+](=O)[O-])n1. The van der Waals surface area contributed by atoms with Gasteiger partial charge < -0.3 is 14.9 Å². The number of hydrogen-bond donors (Lipinski definition) is 0. The van der Waals surface area contributed by atoms with Crippen molar-refractivity contribution in [2.24, 2.45) is 11.8 Å². The monoisotopic (exact) mass is 336 g/mol. The molecule has 0 N–H and O–H groups in total. The lowest BCUT2D eigenvalue weighted by molar-refractivity contribution is -0.390. The third-order valence-corrected chi connectivity index (χ3v) is 4.16. The molecule has 0 bridgehead atoms. The molecular formula is C12H17ClN2O5S. The van der Waals surface area contributed by atoms with Crippen molar-refractivity contribution >= 4 is 25.6 Å².